The number of hydrogen-bond donors (Lipinski definition) is 1. The molecule has 0 unspecified atom stereocenters. The largest absolute Gasteiger partial charge is 0.493 e. The maximum Gasteiger partial charge on any atom is 0.161 e. The smallest absolute Gasteiger partial charge is 0.161 e. The second-order valence-electron chi connectivity index (χ2n) is 4.66. The predicted octanol–water partition coefficient (Wildman–Crippen LogP) is 3.10. The van der Waals surface area contributed by atoms with E-state index in [1.807, 2.05) is 37.6 Å². The number of methoxy groups -OCH3 is 1. The summed E-state index contributed by atoms with van der Waals surface area (Å²) in [5, 5.41) is 0. The highest BCUT2D eigenvalue weighted by molar-refractivity contribution is 7.09. The van der Waals surface area contributed by atoms with Crippen molar-refractivity contribution in [2.45, 2.75) is 26.3 Å². The van der Waals surface area contributed by atoms with Crippen molar-refractivity contribution in [2.24, 2.45) is 5.73 Å². The van der Waals surface area contributed by atoms with Crippen molar-refractivity contribution in [3.8, 4) is 11.5 Å². The fraction of sp³-hybridized carbons (Fsp3) is 0.400. The topological polar surface area (TPSA) is 57.4 Å². The van der Waals surface area contributed by atoms with E-state index in [0.29, 0.717) is 6.61 Å². The average molecular weight is 292 g/mol. The first-order valence-electron chi connectivity index (χ1n) is 6.57. The molecule has 0 radical (unpaired) electrons. The van der Waals surface area contributed by atoms with Crippen LogP contribution in [0, 0.1) is 6.92 Å². The van der Waals surface area contributed by atoms with Crippen molar-refractivity contribution in [2.75, 3.05) is 13.7 Å². The molecule has 0 saturated heterocycles. The van der Waals surface area contributed by atoms with Gasteiger partial charge in [0.15, 0.2) is 11.5 Å². The van der Waals surface area contributed by atoms with Crippen molar-refractivity contribution >= 4 is 11.3 Å². The minimum absolute atomic E-state index is 0.0159. The average Bonchev–Trinajstić information content (AvgIpc) is 2.84. The van der Waals surface area contributed by atoms with Crippen molar-refractivity contribution < 1.29 is 9.47 Å². The molecule has 0 aliphatic rings. The maximum absolute atomic E-state index is 5.87. The zero-order chi connectivity index (χ0) is 14.5. The van der Waals surface area contributed by atoms with E-state index in [1.54, 1.807) is 18.4 Å². The van der Waals surface area contributed by atoms with Crippen molar-refractivity contribution in [1.29, 1.82) is 0 Å². The zero-order valence-corrected chi connectivity index (χ0v) is 12.9. The molecule has 1 atom stereocenters. The van der Waals surface area contributed by atoms with E-state index in [4.69, 9.17) is 15.2 Å². The number of hydrogen-bond acceptors (Lipinski definition) is 5. The van der Waals surface area contributed by atoms with Gasteiger partial charge in [0.1, 0.15) is 0 Å². The van der Waals surface area contributed by atoms with Crippen LogP contribution in [0.25, 0.3) is 0 Å². The van der Waals surface area contributed by atoms with Gasteiger partial charge in [0.2, 0.25) is 0 Å². The molecule has 1 aromatic heterocycles. The first-order chi connectivity index (χ1) is 9.61. The van der Waals surface area contributed by atoms with Crippen molar-refractivity contribution in [1.82, 2.24) is 4.98 Å². The van der Waals surface area contributed by atoms with E-state index in [-0.39, 0.29) is 6.04 Å². The summed E-state index contributed by atoms with van der Waals surface area (Å²) in [6.45, 7) is 4.57. The SMILES string of the molecule is COc1cc([C@H](C)N)ccc1OCCc1scnc1C. The normalized spacial score (nSPS) is 12.2. The highest BCUT2D eigenvalue weighted by atomic mass is 32.1. The molecule has 0 bridgehead atoms. The predicted molar refractivity (Wildman–Crippen MR) is 81.6 cm³/mol. The Morgan fingerprint density at radius 3 is 2.75 bits per heavy atom. The van der Waals surface area contributed by atoms with Gasteiger partial charge in [-0.25, -0.2) is 4.98 Å². The van der Waals surface area contributed by atoms with Gasteiger partial charge in [-0.15, -0.1) is 11.3 Å². The van der Waals surface area contributed by atoms with Crippen LogP contribution >= 0.6 is 11.3 Å². The van der Waals surface area contributed by atoms with Gasteiger partial charge < -0.3 is 15.2 Å². The number of nitrogens with zero attached hydrogens (tertiary/aromatic N) is 1. The number of thiazole rings is 1. The van der Waals surface area contributed by atoms with Gasteiger partial charge in [0.05, 0.1) is 24.9 Å². The van der Waals surface area contributed by atoms with Crippen LogP contribution in [0.3, 0.4) is 0 Å². The molecule has 5 heteroatoms. The third kappa shape index (κ3) is 3.49. The summed E-state index contributed by atoms with van der Waals surface area (Å²) in [5.74, 6) is 1.47. The lowest BCUT2D eigenvalue weighted by atomic mass is 10.1. The molecule has 0 aliphatic heterocycles. The van der Waals surface area contributed by atoms with Gasteiger partial charge in [-0.3, -0.25) is 0 Å². The number of rotatable bonds is 6. The molecule has 20 heavy (non-hydrogen) atoms. The Kier molecular flexibility index (Phi) is 4.98. The third-order valence-electron chi connectivity index (χ3n) is 3.15. The van der Waals surface area contributed by atoms with Gasteiger partial charge in [0.25, 0.3) is 0 Å². The Bertz CT molecular complexity index is 567. The first-order valence-corrected chi connectivity index (χ1v) is 7.45. The fourth-order valence-corrected chi connectivity index (χ4v) is 2.67. The number of aromatic nitrogens is 1. The summed E-state index contributed by atoms with van der Waals surface area (Å²) >= 11 is 1.66. The summed E-state index contributed by atoms with van der Waals surface area (Å²) in [4.78, 5) is 5.49. The Balaban J connectivity index is 2.00. The lowest BCUT2D eigenvalue weighted by Gasteiger charge is -2.13. The quantitative estimate of drug-likeness (QED) is 0.889. The van der Waals surface area contributed by atoms with Crippen LogP contribution in [0.15, 0.2) is 23.7 Å². The summed E-state index contributed by atoms with van der Waals surface area (Å²) in [6, 6.07) is 5.80. The lowest BCUT2D eigenvalue weighted by Crippen LogP contribution is -2.06. The molecule has 0 amide bonds. The Labute approximate surface area is 123 Å². The van der Waals surface area contributed by atoms with Gasteiger partial charge >= 0.3 is 0 Å². The fourth-order valence-electron chi connectivity index (χ4n) is 1.91. The highest BCUT2D eigenvalue weighted by Crippen LogP contribution is 2.30. The molecule has 1 aromatic carbocycles. The number of aryl methyl sites for hydroxylation is 1. The zero-order valence-electron chi connectivity index (χ0n) is 12.1. The van der Waals surface area contributed by atoms with Crippen LogP contribution in [0.1, 0.15) is 29.1 Å². The molecule has 108 valence electrons. The second-order valence-corrected chi connectivity index (χ2v) is 5.60. The molecule has 2 N–H and O–H groups in total. The van der Waals surface area contributed by atoms with E-state index in [1.165, 1.54) is 4.88 Å². The van der Waals surface area contributed by atoms with Crippen LogP contribution in [-0.4, -0.2) is 18.7 Å². The van der Waals surface area contributed by atoms with Crippen molar-refractivity contribution in [3.05, 3.63) is 39.8 Å². The Morgan fingerprint density at radius 1 is 1.35 bits per heavy atom. The molecule has 0 spiro atoms. The Hall–Kier alpha value is -1.59. The van der Waals surface area contributed by atoms with Crippen LogP contribution in [-0.2, 0) is 6.42 Å². The molecule has 0 aliphatic carbocycles. The molecule has 2 aromatic rings. The lowest BCUT2D eigenvalue weighted by molar-refractivity contribution is 0.298. The van der Waals surface area contributed by atoms with E-state index in [9.17, 15) is 0 Å². The van der Waals surface area contributed by atoms with Gasteiger partial charge in [-0.1, -0.05) is 6.07 Å². The summed E-state index contributed by atoms with van der Waals surface area (Å²) in [5.41, 5.74) is 9.85. The minimum atomic E-state index is -0.0159. The van der Waals surface area contributed by atoms with E-state index >= 15 is 0 Å². The minimum Gasteiger partial charge on any atom is -0.493 e. The van der Waals surface area contributed by atoms with Crippen LogP contribution in [0.4, 0.5) is 0 Å². The van der Waals surface area contributed by atoms with Crippen LogP contribution in [0.2, 0.25) is 0 Å². The number of nitrogens with two attached hydrogens (primary N) is 1. The summed E-state index contributed by atoms with van der Waals surface area (Å²) in [6.07, 6.45) is 0.856. The van der Waals surface area contributed by atoms with Crippen LogP contribution in [0.5, 0.6) is 11.5 Å². The Morgan fingerprint density at radius 2 is 2.15 bits per heavy atom. The molecular formula is C15H20N2O2S. The summed E-state index contributed by atoms with van der Waals surface area (Å²) in [7, 11) is 1.64. The van der Waals surface area contributed by atoms with Gasteiger partial charge in [-0.2, -0.15) is 0 Å². The molecule has 1 heterocycles. The molecule has 4 nitrogen and oxygen atoms in total. The van der Waals surface area contributed by atoms with Gasteiger partial charge in [0, 0.05) is 17.3 Å². The van der Waals surface area contributed by atoms with Crippen molar-refractivity contribution in [3.63, 3.8) is 0 Å². The third-order valence-corrected chi connectivity index (χ3v) is 4.14. The maximum atomic E-state index is 5.87. The highest BCUT2D eigenvalue weighted by Gasteiger charge is 2.09. The molecule has 0 fully saturated rings. The second kappa shape index (κ2) is 6.72. The molecule has 2 rings (SSSR count). The number of benzene rings is 1. The van der Waals surface area contributed by atoms with E-state index in [0.717, 1.165) is 29.2 Å². The first kappa shape index (κ1) is 14.8. The van der Waals surface area contributed by atoms with Crippen LogP contribution < -0.4 is 15.2 Å². The molecular weight excluding hydrogens is 272 g/mol. The standard InChI is InChI=1S/C15H20N2O2S/c1-10(16)12-4-5-13(14(8-12)18-3)19-7-6-15-11(2)17-9-20-15/h4-5,8-10H,6-7,16H2,1-3H3/t10-/m0/s1. The van der Waals surface area contributed by atoms with E-state index in [2.05, 4.69) is 4.98 Å². The van der Waals surface area contributed by atoms with Gasteiger partial charge in [-0.05, 0) is 31.5 Å². The number of ether oxygens (including phenoxy) is 2. The van der Waals surface area contributed by atoms with E-state index < -0.39 is 0 Å². The monoisotopic (exact) mass is 292 g/mol. The molecule has 0 saturated carbocycles. The summed E-state index contributed by atoms with van der Waals surface area (Å²) < 4.78 is 11.2.